The van der Waals surface area contributed by atoms with Crippen LogP contribution in [0.2, 0.25) is 0 Å². The van der Waals surface area contributed by atoms with E-state index < -0.39 is 12.3 Å². The number of aromatic nitrogens is 3. The maximum absolute atomic E-state index is 12.6. The Labute approximate surface area is 167 Å². The van der Waals surface area contributed by atoms with Crippen LogP contribution in [-0.2, 0) is 11.3 Å². The highest BCUT2D eigenvalue weighted by atomic mass is 19.3. The molecule has 3 rings (SSSR count). The highest BCUT2D eigenvalue weighted by Gasteiger charge is 2.32. The van der Waals surface area contributed by atoms with Crippen molar-refractivity contribution in [2.24, 2.45) is 0 Å². The second-order valence-electron chi connectivity index (χ2n) is 7.11. The fraction of sp³-hybridized carbons (Fsp3) is 0.474. The van der Waals surface area contributed by atoms with Crippen molar-refractivity contribution in [3.8, 4) is 0 Å². The summed E-state index contributed by atoms with van der Waals surface area (Å²) in [5.74, 6) is -0.536. The van der Waals surface area contributed by atoms with Gasteiger partial charge in [0.05, 0.1) is 0 Å². The lowest BCUT2D eigenvalue weighted by atomic mass is 10.1. The highest BCUT2D eigenvalue weighted by molar-refractivity contribution is 5.92. The number of aromatic amines is 1. The standard InChI is InChI=1S/C19H24F2N6O2/c1-27-13(7-17(28)23-10-12-3-2-6-22-9-12)4-5-14(27)11-24-19(29)16-8-15(18(20)21)25-26-16/h2-3,6,8-9,13-14,18H,4-5,7,10-11H2,1H3,(H,23,28)(H,24,29)(H,25,26)/t13-,14+/m1/s1. The first kappa shape index (κ1) is 20.8. The largest absolute Gasteiger partial charge is 0.352 e. The first-order chi connectivity index (χ1) is 13.9. The van der Waals surface area contributed by atoms with Crippen LogP contribution >= 0.6 is 0 Å². The monoisotopic (exact) mass is 406 g/mol. The summed E-state index contributed by atoms with van der Waals surface area (Å²) in [5, 5.41) is 11.4. The molecule has 0 aliphatic carbocycles. The number of carbonyl (C=O) groups is 2. The van der Waals surface area contributed by atoms with Gasteiger partial charge in [0.25, 0.3) is 12.3 Å². The molecule has 0 radical (unpaired) electrons. The van der Waals surface area contributed by atoms with Gasteiger partial charge in [0, 0.05) is 44.0 Å². The fourth-order valence-electron chi connectivity index (χ4n) is 3.44. The molecule has 2 atom stereocenters. The van der Waals surface area contributed by atoms with Crippen molar-refractivity contribution in [3.05, 3.63) is 47.5 Å². The number of nitrogens with zero attached hydrogens (tertiary/aromatic N) is 3. The molecule has 1 aliphatic rings. The van der Waals surface area contributed by atoms with Gasteiger partial charge in [0.1, 0.15) is 11.4 Å². The van der Waals surface area contributed by atoms with E-state index in [0.717, 1.165) is 24.5 Å². The summed E-state index contributed by atoms with van der Waals surface area (Å²) in [7, 11) is 1.92. The predicted molar refractivity (Wildman–Crippen MR) is 101 cm³/mol. The molecular formula is C19H24F2N6O2. The molecule has 0 bridgehead atoms. The van der Waals surface area contributed by atoms with Crippen molar-refractivity contribution in [3.63, 3.8) is 0 Å². The van der Waals surface area contributed by atoms with Gasteiger partial charge in [-0.05, 0) is 37.6 Å². The molecule has 1 fully saturated rings. The number of nitrogens with one attached hydrogen (secondary N) is 3. The molecule has 10 heteroatoms. The maximum atomic E-state index is 12.6. The molecule has 0 saturated carbocycles. The molecule has 3 heterocycles. The van der Waals surface area contributed by atoms with Gasteiger partial charge in [0.15, 0.2) is 0 Å². The minimum absolute atomic E-state index is 0.0357. The predicted octanol–water partition coefficient (Wildman–Crippen LogP) is 1.64. The second-order valence-corrected chi connectivity index (χ2v) is 7.11. The van der Waals surface area contributed by atoms with Gasteiger partial charge >= 0.3 is 0 Å². The molecule has 0 aromatic carbocycles. The Morgan fingerprint density at radius 3 is 2.79 bits per heavy atom. The van der Waals surface area contributed by atoms with Gasteiger partial charge in [0.2, 0.25) is 5.91 Å². The van der Waals surface area contributed by atoms with Crippen LogP contribution < -0.4 is 10.6 Å². The highest BCUT2D eigenvalue weighted by Crippen LogP contribution is 2.24. The average molecular weight is 406 g/mol. The Morgan fingerprint density at radius 2 is 2.10 bits per heavy atom. The molecule has 2 aromatic rings. The van der Waals surface area contributed by atoms with E-state index in [1.165, 1.54) is 0 Å². The summed E-state index contributed by atoms with van der Waals surface area (Å²) in [6.45, 7) is 0.798. The van der Waals surface area contributed by atoms with E-state index in [-0.39, 0.29) is 29.4 Å². The van der Waals surface area contributed by atoms with Gasteiger partial charge in [-0.1, -0.05) is 6.07 Å². The maximum Gasteiger partial charge on any atom is 0.279 e. The number of H-pyrrole nitrogens is 1. The Kier molecular flexibility index (Phi) is 6.86. The number of hydrogen-bond donors (Lipinski definition) is 3. The van der Waals surface area contributed by atoms with Crippen LogP contribution in [0.25, 0.3) is 0 Å². The zero-order valence-corrected chi connectivity index (χ0v) is 16.1. The van der Waals surface area contributed by atoms with Crippen LogP contribution in [0.4, 0.5) is 8.78 Å². The number of amides is 2. The third-order valence-corrected chi connectivity index (χ3v) is 5.18. The summed E-state index contributed by atoms with van der Waals surface area (Å²) < 4.78 is 25.2. The van der Waals surface area contributed by atoms with Crippen LogP contribution in [0.3, 0.4) is 0 Å². The molecule has 0 spiro atoms. The fourth-order valence-corrected chi connectivity index (χ4v) is 3.44. The molecule has 156 valence electrons. The van der Waals surface area contributed by atoms with Crippen LogP contribution in [-0.4, -0.2) is 57.6 Å². The van der Waals surface area contributed by atoms with E-state index in [4.69, 9.17) is 0 Å². The number of carbonyl (C=O) groups excluding carboxylic acids is 2. The SMILES string of the molecule is CN1[C@@H](CC(=O)NCc2cccnc2)CC[C@H]1CNC(=O)c1cc(C(F)F)[nH]n1. The first-order valence-corrected chi connectivity index (χ1v) is 9.43. The van der Waals surface area contributed by atoms with E-state index in [0.29, 0.717) is 19.5 Å². The smallest absolute Gasteiger partial charge is 0.279 e. The Hall–Kier alpha value is -2.88. The second kappa shape index (κ2) is 9.55. The quantitative estimate of drug-likeness (QED) is 0.619. The average Bonchev–Trinajstić information content (AvgIpc) is 3.34. The number of halogens is 2. The molecule has 1 saturated heterocycles. The van der Waals surface area contributed by atoms with Crippen molar-refractivity contribution in [2.45, 2.75) is 44.3 Å². The van der Waals surface area contributed by atoms with E-state index in [1.54, 1.807) is 12.4 Å². The first-order valence-electron chi connectivity index (χ1n) is 9.43. The lowest BCUT2D eigenvalue weighted by Gasteiger charge is -2.25. The van der Waals surface area contributed by atoms with Crippen LogP contribution in [0.5, 0.6) is 0 Å². The van der Waals surface area contributed by atoms with Gasteiger partial charge in [-0.25, -0.2) is 8.78 Å². The topological polar surface area (TPSA) is 103 Å². The van der Waals surface area contributed by atoms with Gasteiger partial charge in [-0.2, -0.15) is 5.10 Å². The Bertz CT molecular complexity index is 829. The summed E-state index contributed by atoms with van der Waals surface area (Å²) in [5.41, 5.74) is 0.493. The Balaban J connectivity index is 1.42. The molecule has 1 aliphatic heterocycles. The van der Waals surface area contributed by atoms with Crippen molar-refractivity contribution >= 4 is 11.8 Å². The Morgan fingerprint density at radius 1 is 1.31 bits per heavy atom. The zero-order chi connectivity index (χ0) is 20.8. The van der Waals surface area contributed by atoms with Gasteiger partial charge in [-0.15, -0.1) is 0 Å². The third-order valence-electron chi connectivity index (χ3n) is 5.18. The van der Waals surface area contributed by atoms with Crippen molar-refractivity contribution in [1.29, 1.82) is 0 Å². The van der Waals surface area contributed by atoms with Crippen molar-refractivity contribution < 1.29 is 18.4 Å². The molecule has 3 N–H and O–H groups in total. The van der Waals surface area contributed by atoms with Gasteiger partial charge in [-0.3, -0.25) is 24.6 Å². The molecule has 0 unspecified atom stereocenters. The van der Waals surface area contributed by atoms with Gasteiger partial charge < -0.3 is 10.6 Å². The number of pyridine rings is 1. The minimum Gasteiger partial charge on any atom is -0.352 e. The van der Waals surface area contributed by atoms with E-state index in [2.05, 4.69) is 30.7 Å². The minimum atomic E-state index is -2.70. The number of rotatable bonds is 8. The summed E-state index contributed by atoms with van der Waals surface area (Å²) in [6, 6.07) is 4.93. The zero-order valence-electron chi connectivity index (χ0n) is 16.1. The number of likely N-dealkylation sites (N-methyl/N-ethyl adjacent to an activating group) is 1. The number of hydrogen-bond acceptors (Lipinski definition) is 5. The summed E-state index contributed by atoms with van der Waals surface area (Å²) >= 11 is 0. The van der Waals surface area contributed by atoms with Crippen LogP contribution in [0.1, 0.15) is 47.4 Å². The van der Waals surface area contributed by atoms with E-state index >= 15 is 0 Å². The van der Waals surface area contributed by atoms with Crippen LogP contribution in [0.15, 0.2) is 30.6 Å². The molecule has 2 aromatic heterocycles. The molecule has 8 nitrogen and oxygen atoms in total. The normalized spacial score (nSPS) is 19.4. The third kappa shape index (κ3) is 5.57. The molecule has 2 amide bonds. The van der Waals surface area contributed by atoms with E-state index in [1.807, 2.05) is 19.2 Å². The lowest BCUT2D eigenvalue weighted by molar-refractivity contribution is -0.122. The molecule has 29 heavy (non-hydrogen) atoms. The summed E-state index contributed by atoms with van der Waals surface area (Å²) in [6.07, 6.45) is 2.75. The van der Waals surface area contributed by atoms with Crippen LogP contribution in [0, 0.1) is 0 Å². The molecular weight excluding hydrogens is 382 g/mol. The number of alkyl halides is 2. The van der Waals surface area contributed by atoms with Crippen molar-refractivity contribution in [1.82, 2.24) is 30.7 Å². The van der Waals surface area contributed by atoms with Crippen molar-refractivity contribution in [2.75, 3.05) is 13.6 Å². The number of likely N-dealkylation sites (tertiary alicyclic amines) is 1. The lowest BCUT2D eigenvalue weighted by Crippen LogP contribution is -2.42. The van der Waals surface area contributed by atoms with E-state index in [9.17, 15) is 18.4 Å². The summed E-state index contributed by atoms with van der Waals surface area (Å²) in [4.78, 5) is 30.4.